The molecule has 11 aromatic rings. The molecule has 0 spiro atoms. The predicted molar refractivity (Wildman–Crippen MR) is 224 cm³/mol. The summed E-state index contributed by atoms with van der Waals surface area (Å²) in [5.41, 5.74) is 13.4. The molecule has 8 aromatic carbocycles. The van der Waals surface area contributed by atoms with Crippen molar-refractivity contribution in [3.63, 3.8) is 0 Å². The van der Waals surface area contributed by atoms with Crippen LogP contribution in [0.1, 0.15) is 5.56 Å². The Balaban J connectivity index is 1.03. The number of aryl methyl sites for hydroxylation is 1. The van der Waals surface area contributed by atoms with Crippen molar-refractivity contribution < 1.29 is 0 Å². The standard InChI is InChI=1S/C49H32N2S/c1-31-17-23-35(24-18-31)50-44-14-5-2-9-38(44)42-29-33(21-27-46(42)50)34-22-28-47-43(30-34)39-10-3-6-15-45(39)51(47)36-25-19-32(20-26-36)37-12-8-13-41-40-11-4-7-16-48(40)52-49(37)41/h2-30H,1H3. The van der Waals surface area contributed by atoms with Crippen LogP contribution in [0.5, 0.6) is 0 Å². The second-order valence-electron chi connectivity index (χ2n) is 13.8. The van der Waals surface area contributed by atoms with E-state index in [4.69, 9.17) is 0 Å². The molecule has 2 nitrogen and oxygen atoms in total. The van der Waals surface area contributed by atoms with Gasteiger partial charge in [0.15, 0.2) is 0 Å². The highest BCUT2D eigenvalue weighted by molar-refractivity contribution is 7.26. The molecule has 0 atom stereocenters. The lowest BCUT2D eigenvalue weighted by Gasteiger charge is -2.11. The fourth-order valence-corrected chi connectivity index (χ4v) is 9.56. The molecule has 0 amide bonds. The molecule has 0 aliphatic rings. The van der Waals surface area contributed by atoms with Gasteiger partial charge in [-0.2, -0.15) is 0 Å². The number of hydrogen-bond donors (Lipinski definition) is 0. The van der Waals surface area contributed by atoms with E-state index >= 15 is 0 Å². The molecule has 0 radical (unpaired) electrons. The maximum absolute atomic E-state index is 2.41. The van der Waals surface area contributed by atoms with Gasteiger partial charge in [-0.25, -0.2) is 0 Å². The Hall–Kier alpha value is -6.42. The van der Waals surface area contributed by atoms with Crippen LogP contribution in [0.2, 0.25) is 0 Å². The minimum Gasteiger partial charge on any atom is -0.309 e. The fraction of sp³-hybridized carbons (Fsp3) is 0.0204. The van der Waals surface area contributed by atoms with Gasteiger partial charge in [0, 0.05) is 53.1 Å². The molecule has 0 saturated carbocycles. The summed E-state index contributed by atoms with van der Waals surface area (Å²) >= 11 is 1.88. The highest BCUT2D eigenvalue weighted by Crippen LogP contribution is 2.41. The zero-order chi connectivity index (χ0) is 34.3. The van der Waals surface area contributed by atoms with Gasteiger partial charge >= 0.3 is 0 Å². The second-order valence-corrected chi connectivity index (χ2v) is 14.9. The quantitative estimate of drug-likeness (QED) is 0.175. The number of fused-ring (bicyclic) bond motifs is 9. The van der Waals surface area contributed by atoms with Crippen molar-refractivity contribution in [3.8, 4) is 33.6 Å². The summed E-state index contributed by atoms with van der Waals surface area (Å²) in [6, 6.07) is 64.8. The topological polar surface area (TPSA) is 9.86 Å². The molecule has 244 valence electrons. The molecule has 0 saturated heterocycles. The van der Waals surface area contributed by atoms with E-state index in [2.05, 4.69) is 192 Å². The molecule has 3 heteroatoms. The lowest BCUT2D eigenvalue weighted by Crippen LogP contribution is -1.94. The van der Waals surface area contributed by atoms with E-state index in [9.17, 15) is 0 Å². The van der Waals surface area contributed by atoms with Gasteiger partial charge in [0.25, 0.3) is 0 Å². The van der Waals surface area contributed by atoms with E-state index in [0.29, 0.717) is 0 Å². The average molecular weight is 681 g/mol. The maximum Gasteiger partial charge on any atom is 0.0541 e. The fourth-order valence-electron chi connectivity index (χ4n) is 8.32. The number of benzene rings is 8. The van der Waals surface area contributed by atoms with Crippen molar-refractivity contribution in [2.45, 2.75) is 6.92 Å². The van der Waals surface area contributed by atoms with Crippen molar-refractivity contribution in [3.05, 3.63) is 181 Å². The highest BCUT2D eigenvalue weighted by Gasteiger charge is 2.17. The number of para-hydroxylation sites is 2. The number of rotatable bonds is 4. The molecule has 0 fully saturated rings. The van der Waals surface area contributed by atoms with Crippen LogP contribution in [-0.2, 0) is 0 Å². The SMILES string of the molecule is Cc1ccc(-n2c3ccccc3c3cc(-c4ccc5c(c4)c4ccccc4n5-c4ccc(-c5cccc6c5sc5ccccc56)cc4)ccc32)cc1. The average Bonchev–Trinajstić information content (AvgIpc) is 3.86. The van der Waals surface area contributed by atoms with Gasteiger partial charge in [-0.15, -0.1) is 11.3 Å². The summed E-state index contributed by atoms with van der Waals surface area (Å²) in [5.74, 6) is 0. The van der Waals surface area contributed by atoms with E-state index < -0.39 is 0 Å². The number of thiophene rings is 1. The Morgan fingerprint density at radius 3 is 1.46 bits per heavy atom. The third-order valence-electron chi connectivity index (χ3n) is 10.8. The van der Waals surface area contributed by atoms with Crippen LogP contribution in [0.15, 0.2) is 176 Å². The summed E-state index contributed by atoms with van der Waals surface area (Å²) in [6.07, 6.45) is 0. The van der Waals surface area contributed by atoms with Crippen molar-refractivity contribution >= 4 is 75.1 Å². The molecule has 0 aliphatic carbocycles. The first-order valence-corrected chi connectivity index (χ1v) is 18.7. The third kappa shape index (κ3) is 4.36. The predicted octanol–water partition coefficient (Wildman–Crippen LogP) is 13.9. The number of nitrogens with zero attached hydrogens (tertiary/aromatic N) is 2. The minimum atomic E-state index is 1.16. The van der Waals surface area contributed by atoms with Crippen LogP contribution in [-0.4, -0.2) is 9.13 Å². The van der Waals surface area contributed by atoms with Gasteiger partial charge in [-0.1, -0.05) is 115 Å². The highest BCUT2D eigenvalue weighted by atomic mass is 32.1. The van der Waals surface area contributed by atoms with E-state index in [-0.39, 0.29) is 0 Å². The molecule has 0 unspecified atom stereocenters. The monoisotopic (exact) mass is 680 g/mol. The van der Waals surface area contributed by atoms with Gasteiger partial charge < -0.3 is 9.13 Å². The molecular weight excluding hydrogens is 649 g/mol. The van der Waals surface area contributed by atoms with E-state index in [1.807, 2.05) is 11.3 Å². The normalized spacial score (nSPS) is 11.9. The lowest BCUT2D eigenvalue weighted by atomic mass is 10.0. The molecular formula is C49H32N2S. The number of hydrogen-bond acceptors (Lipinski definition) is 1. The smallest absolute Gasteiger partial charge is 0.0541 e. The van der Waals surface area contributed by atoms with Gasteiger partial charge in [-0.05, 0) is 95.9 Å². The molecule has 0 N–H and O–H groups in total. The summed E-state index contributed by atoms with van der Waals surface area (Å²) in [6.45, 7) is 2.14. The Labute approximate surface area is 305 Å². The Morgan fingerprint density at radius 2 is 0.846 bits per heavy atom. The van der Waals surface area contributed by atoms with Crippen LogP contribution < -0.4 is 0 Å². The van der Waals surface area contributed by atoms with Crippen LogP contribution >= 0.6 is 11.3 Å². The summed E-state index contributed by atoms with van der Waals surface area (Å²) in [5, 5.41) is 7.72. The van der Waals surface area contributed by atoms with Crippen molar-refractivity contribution in [1.29, 1.82) is 0 Å². The molecule has 11 rings (SSSR count). The second kappa shape index (κ2) is 11.3. The Morgan fingerprint density at radius 1 is 0.365 bits per heavy atom. The van der Waals surface area contributed by atoms with Gasteiger partial charge in [0.2, 0.25) is 0 Å². The van der Waals surface area contributed by atoms with Gasteiger partial charge in [0.1, 0.15) is 0 Å². The van der Waals surface area contributed by atoms with Crippen molar-refractivity contribution in [2.24, 2.45) is 0 Å². The van der Waals surface area contributed by atoms with E-state index in [1.54, 1.807) is 0 Å². The van der Waals surface area contributed by atoms with Crippen LogP contribution in [0.25, 0.3) is 97.4 Å². The lowest BCUT2D eigenvalue weighted by molar-refractivity contribution is 1.17. The maximum atomic E-state index is 2.41. The largest absolute Gasteiger partial charge is 0.309 e. The minimum absolute atomic E-state index is 1.16. The van der Waals surface area contributed by atoms with Crippen molar-refractivity contribution in [2.75, 3.05) is 0 Å². The zero-order valence-corrected chi connectivity index (χ0v) is 29.4. The van der Waals surface area contributed by atoms with Crippen LogP contribution in [0.4, 0.5) is 0 Å². The molecule has 52 heavy (non-hydrogen) atoms. The van der Waals surface area contributed by atoms with Gasteiger partial charge in [-0.3, -0.25) is 0 Å². The summed E-state index contributed by atoms with van der Waals surface area (Å²) in [7, 11) is 0. The molecule has 0 aliphatic heterocycles. The van der Waals surface area contributed by atoms with Crippen LogP contribution in [0.3, 0.4) is 0 Å². The molecule has 3 aromatic heterocycles. The first-order valence-electron chi connectivity index (χ1n) is 17.8. The van der Waals surface area contributed by atoms with E-state index in [1.165, 1.54) is 97.3 Å². The third-order valence-corrected chi connectivity index (χ3v) is 12.0. The molecule has 0 bridgehead atoms. The number of aromatic nitrogens is 2. The zero-order valence-electron chi connectivity index (χ0n) is 28.5. The molecule has 3 heterocycles. The Bertz CT molecular complexity index is 3170. The Kier molecular flexibility index (Phi) is 6.37. The van der Waals surface area contributed by atoms with Crippen LogP contribution in [0, 0.1) is 6.92 Å². The first kappa shape index (κ1) is 29.3. The van der Waals surface area contributed by atoms with Crippen molar-refractivity contribution in [1.82, 2.24) is 9.13 Å². The summed E-state index contributed by atoms with van der Waals surface area (Å²) in [4.78, 5) is 0. The summed E-state index contributed by atoms with van der Waals surface area (Å²) < 4.78 is 7.48. The van der Waals surface area contributed by atoms with Gasteiger partial charge in [0.05, 0.1) is 22.1 Å². The first-order chi connectivity index (χ1) is 25.7. The van der Waals surface area contributed by atoms with E-state index in [0.717, 1.165) is 5.69 Å².